The first-order chi connectivity index (χ1) is 7.86. The number of carboxylic acids is 1. The third-order valence-corrected chi connectivity index (χ3v) is 3.14. The van der Waals surface area contributed by atoms with Gasteiger partial charge in [0.25, 0.3) is 0 Å². The van der Waals surface area contributed by atoms with Crippen molar-refractivity contribution in [3.63, 3.8) is 0 Å². The molecule has 5 nitrogen and oxygen atoms in total. The summed E-state index contributed by atoms with van der Waals surface area (Å²) in [7, 11) is 0. The molecule has 1 unspecified atom stereocenters. The Labute approximate surface area is 102 Å². The molecule has 1 saturated carbocycles. The van der Waals surface area contributed by atoms with Gasteiger partial charge in [0.1, 0.15) is 5.54 Å². The van der Waals surface area contributed by atoms with Crippen LogP contribution in [-0.4, -0.2) is 35.1 Å². The minimum Gasteiger partial charge on any atom is -0.480 e. The highest BCUT2D eigenvalue weighted by Crippen LogP contribution is 2.39. The molecule has 98 valence electrons. The molecular formula is C12H22N2O3. The summed E-state index contributed by atoms with van der Waals surface area (Å²) in [5, 5.41) is 15.0. The van der Waals surface area contributed by atoms with E-state index in [1.807, 2.05) is 13.8 Å². The average molecular weight is 242 g/mol. The molecule has 0 heterocycles. The molecule has 0 radical (unpaired) electrons. The number of carboxylic acid groups (broad SMARTS) is 1. The van der Waals surface area contributed by atoms with Gasteiger partial charge in [-0.25, -0.2) is 4.79 Å². The summed E-state index contributed by atoms with van der Waals surface area (Å²) < 4.78 is 0. The Bertz CT molecular complexity index is 300. The van der Waals surface area contributed by atoms with Gasteiger partial charge < -0.3 is 15.7 Å². The van der Waals surface area contributed by atoms with Crippen molar-refractivity contribution in [1.29, 1.82) is 0 Å². The van der Waals surface area contributed by atoms with E-state index in [0.29, 0.717) is 19.0 Å². The minimum atomic E-state index is -1.09. The van der Waals surface area contributed by atoms with E-state index in [1.165, 1.54) is 0 Å². The number of hydrogen-bond donors (Lipinski definition) is 3. The lowest BCUT2D eigenvalue weighted by atomic mass is 9.96. The molecule has 0 spiro atoms. The Hall–Kier alpha value is -1.10. The van der Waals surface area contributed by atoms with Crippen molar-refractivity contribution in [3.05, 3.63) is 0 Å². The molecule has 5 heteroatoms. The summed E-state index contributed by atoms with van der Waals surface area (Å²) in [4.78, 5) is 22.9. The second-order valence-electron chi connectivity index (χ2n) is 5.19. The van der Waals surface area contributed by atoms with E-state index in [9.17, 15) is 14.7 Å². The quantitative estimate of drug-likeness (QED) is 0.615. The van der Waals surface area contributed by atoms with E-state index in [-0.39, 0.29) is 11.8 Å². The Balaban J connectivity index is 2.40. The summed E-state index contributed by atoms with van der Waals surface area (Å²) in [6.07, 6.45) is 2.08. The van der Waals surface area contributed by atoms with Gasteiger partial charge in [-0.3, -0.25) is 4.79 Å². The van der Waals surface area contributed by atoms with Gasteiger partial charge in [-0.2, -0.15) is 0 Å². The smallest absolute Gasteiger partial charge is 0.329 e. The summed E-state index contributed by atoms with van der Waals surface area (Å²) >= 11 is 0. The second kappa shape index (κ2) is 5.49. The van der Waals surface area contributed by atoms with Crippen molar-refractivity contribution in [2.24, 2.45) is 5.92 Å². The molecule has 1 aliphatic carbocycles. The van der Waals surface area contributed by atoms with Gasteiger partial charge in [-0.15, -0.1) is 0 Å². The first kappa shape index (κ1) is 14.0. The van der Waals surface area contributed by atoms with Crippen LogP contribution < -0.4 is 10.6 Å². The monoisotopic (exact) mass is 242 g/mol. The highest BCUT2D eigenvalue weighted by molar-refractivity contribution is 5.87. The second-order valence-corrected chi connectivity index (χ2v) is 5.19. The van der Waals surface area contributed by atoms with Gasteiger partial charge >= 0.3 is 5.97 Å². The van der Waals surface area contributed by atoms with E-state index in [2.05, 4.69) is 10.6 Å². The van der Waals surface area contributed by atoms with Crippen LogP contribution in [-0.2, 0) is 9.59 Å². The summed E-state index contributed by atoms with van der Waals surface area (Å²) in [6, 6.07) is 0.331. The number of rotatable bonds is 7. The van der Waals surface area contributed by atoms with Crippen LogP contribution in [0.5, 0.6) is 0 Å². The van der Waals surface area contributed by atoms with Crippen molar-refractivity contribution in [2.45, 2.75) is 51.6 Å². The number of aliphatic carboxylic acids is 1. The zero-order chi connectivity index (χ0) is 13.1. The van der Waals surface area contributed by atoms with Crippen LogP contribution in [0, 0.1) is 5.92 Å². The van der Waals surface area contributed by atoms with Gasteiger partial charge in [-0.1, -0.05) is 13.8 Å². The Morgan fingerprint density at radius 3 is 2.41 bits per heavy atom. The van der Waals surface area contributed by atoms with Crippen LogP contribution in [0.2, 0.25) is 0 Å². The third-order valence-electron chi connectivity index (χ3n) is 3.14. The van der Waals surface area contributed by atoms with Crippen molar-refractivity contribution in [1.82, 2.24) is 10.6 Å². The maximum Gasteiger partial charge on any atom is 0.329 e. The Morgan fingerprint density at radius 1 is 1.41 bits per heavy atom. The van der Waals surface area contributed by atoms with Gasteiger partial charge in [0, 0.05) is 19.0 Å². The molecule has 1 amide bonds. The van der Waals surface area contributed by atoms with Crippen LogP contribution in [0.15, 0.2) is 0 Å². The van der Waals surface area contributed by atoms with Crippen LogP contribution in [0.1, 0.15) is 40.0 Å². The molecule has 0 saturated heterocycles. The normalized spacial score (nSPS) is 18.8. The first-order valence-electron chi connectivity index (χ1n) is 6.14. The van der Waals surface area contributed by atoms with Crippen LogP contribution >= 0.6 is 0 Å². The summed E-state index contributed by atoms with van der Waals surface area (Å²) in [5.41, 5.74) is -1.09. The SMILES string of the molecule is CC(C)NCCC(=O)NC(C)(C(=O)O)C1CC1. The number of nitrogens with one attached hydrogen (secondary N) is 2. The molecule has 1 aliphatic rings. The standard InChI is InChI=1S/C12H22N2O3/c1-8(2)13-7-6-10(15)14-12(3,11(16)17)9-4-5-9/h8-9,13H,4-7H2,1-3H3,(H,14,15)(H,16,17). The van der Waals surface area contributed by atoms with Gasteiger partial charge in [0.2, 0.25) is 5.91 Å². The van der Waals surface area contributed by atoms with E-state index in [1.54, 1.807) is 6.92 Å². The molecule has 1 atom stereocenters. The molecule has 0 bridgehead atoms. The predicted molar refractivity (Wildman–Crippen MR) is 64.7 cm³/mol. The number of amides is 1. The predicted octanol–water partition coefficient (Wildman–Crippen LogP) is 0.744. The maximum atomic E-state index is 11.7. The molecular weight excluding hydrogens is 220 g/mol. The lowest BCUT2D eigenvalue weighted by Gasteiger charge is -2.26. The highest BCUT2D eigenvalue weighted by Gasteiger charge is 2.48. The number of carbonyl (C=O) groups excluding carboxylic acids is 1. The summed E-state index contributed by atoms with van der Waals surface area (Å²) in [6.45, 7) is 6.18. The van der Waals surface area contributed by atoms with E-state index < -0.39 is 11.5 Å². The largest absolute Gasteiger partial charge is 0.480 e. The van der Waals surface area contributed by atoms with Crippen LogP contribution in [0.3, 0.4) is 0 Å². The van der Waals surface area contributed by atoms with Crippen LogP contribution in [0.25, 0.3) is 0 Å². The molecule has 1 fully saturated rings. The molecule has 0 aromatic carbocycles. The van der Waals surface area contributed by atoms with E-state index in [4.69, 9.17) is 0 Å². The van der Waals surface area contributed by atoms with Gasteiger partial charge in [0.15, 0.2) is 0 Å². The molecule has 17 heavy (non-hydrogen) atoms. The average Bonchev–Trinajstić information content (AvgIpc) is 2.99. The van der Waals surface area contributed by atoms with Crippen LogP contribution in [0.4, 0.5) is 0 Å². The summed E-state index contributed by atoms with van der Waals surface area (Å²) in [5.74, 6) is -1.05. The lowest BCUT2D eigenvalue weighted by Crippen LogP contribution is -2.54. The van der Waals surface area contributed by atoms with Crippen molar-refractivity contribution in [3.8, 4) is 0 Å². The topological polar surface area (TPSA) is 78.4 Å². The zero-order valence-corrected chi connectivity index (χ0v) is 10.7. The van der Waals surface area contributed by atoms with E-state index in [0.717, 1.165) is 12.8 Å². The molecule has 0 aliphatic heterocycles. The molecule has 3 N–H and O–H groups in total. The Morgan fingerprint density at radius 2 is 2.00 bits per heavy atom. The minimum absolute atomic E-state index is 0.0852. The molecule has 0 aromatic rings. The molecule has 1 rings (SSSR count). The number of carbonyl (C=O) groups is 2. The fourth-order valence-electron chi connectivity index (χ4n) is 1.82. The first-order valence-corrected chi connectivity index (χ1v) is 6.14. The zero-order valence-electron chi connectivity index (χ0n) is 10.7. The van der Waals surface area contributed by atoms with Gasteiger partial charge in [-0.05, 0) is 25.7 Å². The van der Waals surface area contributed by atoms with Crippen molar-refractivity contribution < 1.29 is 14.7 Å². The fraction of sp³-hybridized carbons (Fsp3) is 0.833. The highest BCUT2D eigenvalue weighted by atomic mass is 16.4. The maximum absolute atomic E-state index is 11.7. The van der Waals surface area contributed by atoms with Gasteiger partial charge in [0.05, 0.1) is 0 Å². The van der Waals surface area contributed by atoms with E-state index >= 15 is 0 Å². The van der Waals surface area contributed by atoms with Crippen molar-refractivity contribution in [2.75, 3.05) is 6.54 Å². The van der Waals surface area contributed by atoms with Crippen molar-refractivity contribution >= 4 is 11.9 Å². The number of hydrogen-bond acceptors (Lipinski definition) is 3. The third kappa shape index (κ3) is 4.00. The lowest BCUT2D eigenvalue weighted by molar-refractivity contribution is -0.147. The molecule has 0 aromatic heterocycles. The Kier molecular flexibility index (Phi) is 4.51. The fourth-order valence-corrected chi connectivity index (χ4v) is 1.82.